The summed E-state index contributed by atoms with van der Waals surface area (Å²) >= 11 is 8.55. The largest absolute Gasteiger partial charge is 0.134 e. The van der Waals surface area contributed by atoms with E-state index < -0.39 is 0 Å². The molecule has 0 aliphatic heterocycles. The zero-order valence-electron chi connectivity index (χ0n) is 6.55. The van der Waals surface area contributed by atoms with Crippen LogP contribution in [0.1, 0.15) is 0 Å². The van der Waals surface area contributed by atoms with Crippen LogP contribution in [0.25, 0.3) is 10.4 Å². The number of thiophene rings is 1. The fourth-order valence-corrected chi connectivity index (χ4v) is 3.02. The molecule has 1 aromatic heterocycles. The molecule has 0 aliphatic carbocycles. The predicted molar refractivity (Wildman–Crippen MR) is 64.0 cm³/mol. The maximum atomic E-state index is 3.46. The highest BCUT2D eigenvalue weighted by Crippen LogP contribution is 2.30. The molecule has 0 amide bonds. The summed E-state index contributed by atoms with van der Waals surface area (Å²) in [7, 11) is 0. The Morgan fingerprint density at radius 1 is 1.08 bits per heavy atom. The summed E-state index contributed by atoms with van der Waals surface area (Å²) in [4.78, 5) is 1.24. The van der Waals surface area contributed by atoms with E-state index in [0.717, 1.165) is 8.95 Å². The van der Waals surface area contributed by atoms with Gasteiger partial charge in [-0.25, -0.2) is 0 Å². The summed E-state index contributed by atoms with van der Waals surface area (Å²) in [6, 6.07) is 10.2. The number of rotatable bonds is 1. The van der Waals surface area contributed by atoms with Crippen LogP contribution in [0.4, 0.5) is 0 Å². The zero-order valence-corrected chi connectivity index (χ0v) is 10.5. The molecule has 0 bridgehead atoms. The molecule has 0 saturated carbocycles. The quantitative estimate of drug-likeness (QED) is 0.713. The monoisotopic (exact) mass is 315 g/mol. The summed E-state index contributed by atoms with van der Waals surface area (Å²) in [6.45, 7) is 0. The van der Waals surface area contributed by atoms with Crippen molar-refractivity contribution in [3.05, 3.63) is 44.7 Å². The summed E-state index contributed by atoms with van der Waals surface area (Å²) < 4.78 is 2.18. The Bertz CT molecular complexity index is 387. The first-order valence-corrected chi connectivity index (χ1v) is 6.08. The Kier molecular flexibility index (Phi) is 2.86. The van der Waals surface area contributed by atoms with Crippen LogP contribution >= 0.6 is 43.2 Å². The second-order valence-electron chi connectivity index (χ2n) is 2.58. The second-order valence-corrected chi connectivity index (χ2v) is 5.29. The van der Waals surface area contributed by atoms with E-state index >= 15 is 0 Å². The number of benzene rings is 1. The van der Waals surface area contributed by atoms with Crippen molar-refractivity contribution in [2.75, 3.05) is 0 Å². The molecule has 0 N–H and O–H groups in total. The van der Waals surface area contributed by atoms with Gasteiger partial charge in [0, 0.05) is 19.2 Å². The van der Waals surface area contributed by atoms with E-state index in [4.69, 9.17) is 0 Å². The highest BCUT2D eigenvalue weighted by atomic mass is 79.9. The first kappa shape index (κ1) is 9.44. The van der Waals surface area contributed by atoms with Crippen LogP contribution < -0.4 is 0 Å². The maximum absolute atomic E-state index is 3.46. The minimum Gasteiger partial charge on any atom is -0.134 e. The molecular formula is C10H5Br2S. The van der Waals surface area contributed by atoms with Gasteiger partial charge < -0.3 is 0 Å². The summed E-state index contributed by atoms with van der Waals surface area (Å²) in [5.74, 6) is 0. The third kappa shape index (κ3) is 2.22. The predicted octanol–water partition coefficient (Wildman–Crippen LogP) is 4.74. The summed E-state index contributed by atoms with van der Waals surface area (Å²) in [6.07, 6.45) is 0. The van der Waals surface area contributed by atoms with Crippen molar-refractivity contribution in [3.63, 3.8) is 0 Å². The Morgan fingerprint density at radius 2 is 1.77 bits per heavy atom. The van der Waals surface area contributed by atoms with Crippen molar-refractivity contribution in [1.82, 2.24) is 0 Å². The maximum Gasteiger partial charge on any atom is 0.0449 e. The van der Waals surface area contributed by atoms with Crippen LogP contribution in [0.5, 0.6) is 0 Å². The van der Waals surface area contributed by atoms with E-state index in [9.17, 15) is 0 Å². The van der Waals surface area contributed by atoms with Crippen molar-refractivity contribution in [2.24, 2.45) is 0 Å². The van der Waals surface area contributed by atoms with Crippen molar-refractivity contribution < 1.29 is 0 Å². The van der Waals surface area contributed by atoms with Crippen molar-refractivity contribution in [3.8, 4) is 10.4 Å². The average molecular weight is 317 g/mol. The van der Waals surface area contributed by atoms with E-state index in [1.54, 1.807) is 11.3 Å². The number of halogens is 2. The first-order valence-electron chi connectivity index (χ1n) is 3.68. The van der Waals surface area contributed by atoms with E-state index in [2.05, 4.69) is 55.4 Å². The van der Waals surface area contributed by atoms with Crippen LogP contribution in [-0.4, -0.2) is 0 Å². The lowest BCUT2D eigenvalue weighted by atomic mass is 10.2. The topological polar surface area (TPSA) is 0 Å². The molecule has 65 valence electrons. The highest BCUT2D eigenvalue weighted by Gasteiger charge is 2.00. The molecule has 1 radical (unpaired) electrons. The lowest BCUT2D eigenvalue weighted by Gasteiger charge is -1.99. The van der Waals surface area contributed by atoms with Crippen LogP contribution in [-0.2, 0) is 0 Å². The molecule has 0 fully saturated rings. The smallest absolute Gasteiger partial charge is 0.0449 e. The van der Waals surface area contributed by atoms with Crippen molar-refractivity contribution in [2.45, 2.75) is 0 Å². The molecule has 0 spiro atoms. The Labute approximate surface area is 97.9 Å². The van der Waals surface area contributed by atoms with E-state index in [-0.39, 0.29) is 0 Å². The van der Waals surface area contributed by atoms with Crippen molar-refractivity contribution >= 4 is 43.2 Å². The molecule has 0 saturated heterocycles. The lowest BCUT2D eigenvalue weighted by Crippen LogP contribution is -1.73. The third-order valence-electron chi connectivity index (χ3n) is 1.62. The molecule has 2 aromatic rings. The molecule has 3 heteroatoms. The van der Waals surface area contributed by atoms with Gasteiger partial charge in [-0.3, -0.25) is 0 Å². The molecule has 0 unspecified atom stereocenters. The molecule has 13 heavy (non-hydrogen) atoms. The first-order chi connectivity index (χ1) is 6.25. The van der Waals surface area contributed by atoms with E-state index in [0.29, 0.717) is 0 Å². The van der Waals surface area contributed by atoms with Gasteiger partial charge in [-0.15, -0.1) is 11.3 Å². The fourth-order valence-electron chi connectivity index (χ4n) is 1.09. The van der Waals surface area contributed by atoms with Crippen LogP contribution in [0.3, 0.4) is 0 Å². The SMILES string of the molecule is Brc1cc(Br)cc(-c2cc[c]s2)c1. The van der Waals surface area contributed by atoms with Gasteiger partial charge in [0.2, 0.25) is 0 Å². The normalized spacial score (nSPS) is 10.3. The van der Waals surface area contributed by atoms with Crippen molar-refractivity contribution in [1.29, 1.82) is 0 Å². The standard InChI is InChI=1S/C10H5Br2S/c11-8-4-7(5-9(12)6-8)10-2-1-3-13-10/h1-2,4-6H. The minimum absolute atomic E-state index is 1.09. The van der Waals surface area contributed by atoms with Crippen LogP contribution in [0.15, 0.2) is 39.3 Å². The average Bonchev–Trinajstić information content (AvgIpc) is 2.53. The van der Waals surface area contributed by atoms with E-state index in [1.165, 1.54) is 10.4 Å². The molecule has 1 aromatic carbocycles. The molecule has 0 nitrogen and oxygen atoms in total. The lowest BCUT2D eigenvalue weighted by molar-refractivity contribution is 1.60. The van der Waals surface area contributed by atoms with Gasteiger partial charge >= 0.3 is 0 Å². The molecule has 2 rings (SSSR count). The Morgan fingerprint density at radius 3 is 2.31 bits per heavy atom. The van der Waals surface area contributed by atoms with Gasteiger partial charge in [0.05, 0.1) is 0 Å². The van der Waals surface area contributed by atoms with E-state index in [1.807, 2.05) is 12.1 Å². The number of hydrogen-bond donors (Lipinski definition) is 0. The van der Waals surface area contributed by atoms with Gasteiger partial charge in [-0.2, -0.15) is 0 Å². The van der Waals surface area contributed by atoms with Gasteiger partial charge in [0.15, 0.2) is 0 Å². The highest BCUT2D eigenvalue weighted by molar-refractivity contribution is 9.11. The Hall–Kier alpha value is -0.120. The third-order valence-corrected chi connectivity index (χ3v) is 3.38. The second kappa shape index (κ2) is 3.95. The molecule has 0 atom stereocenters. The summed E-state index contributed by atoms with van der Waals surface area (Å²) in [5.41, 5.74) is 1.22. The number of hydrogen-bond acceptors (Lipinski definition) is 1. The zero-order chi connectivity index (χ0) is 9.26. The van der Waals surface area contributed by atoms with Gasteiger partial charge in [-0.05, 0) is 35.9 Å². The Balaban J connectivity index is 2.53. The van der Waals surface area contributed by atoms with Gasteiger partial charge in [-0.1, -0.05) is 31.9 Å². The van der Waals surface area contributed by atoms with Crippen LogP contribution in [0, 0.1) is 5.38 Å². The van der Waals surface area contributed by atoms with Gasteiger partial charge in [0.1, 0.15) is 0 Å². The molecule has 0 aliphatic rings. The molecule has 1 heterocycles. The summed E-state index contributed by atoms with van der Waals surface area (Å²) in [5, 5.41) is 3.08. The fraction of sp³-hybridized carbons (Fsp3) is 0. The van der Waals surface area contributed by atoms with Crippen LogP contribution in [0.2, 0.25) is 0 Å². The van der Waals surface area contributed by atoms with Gasteiger partial charge in [0.25, 0.3) is 0 Å². The minimum atomic E-state index is 1.09. The molecular weight excluding hydrogens is 312 g/mol.